The van der Waals surface area contributed by atoms with Crippen LogP contribution in [-0.2, 0) is 9.59 Å². The quantitative estimate of drug-likeness (QED) is 0.692. The third-order valence-corrected chi connectivity index (χ3v) is 7.68. The molecule has 1 aliphatic heterocycles. The van der Waals surface area contributed by atoms with Gasteiger partial charge in [0.2, 0.25) is 11.8 Å². The molecule has 1 saturated carbocycles. The summed E-state index contributed by atoms with van der Waals surface area (Å²) < 4.78 is 1.05. The SMILES string of the molecule is Cc1ccc(C2CC2C(=O)N2CCCC2C(=O)Nc2nc3ccccc3s2)s1. The van der Waals surface area contributed by atoms with Gasteiger partial charge in [0.1, 0.15) is 6.04 Å². The zero-order chi connectivity index (χ0) is 19.3. The van der Waals surface area contributed by atoms with Crippen LogP contribution in [0, 0.1) is 12.8 Å². The van der Waals surface area contributed by atoms with E-state index in [9.17, 15) is 9.59 Å². The first kappa shape index (κ1) is 17.8. The second-order valence-corrected chi connectivity index (χ2v) is 9.91. The third-order valence-electron chi connectivity index (χ3n) is 5.60. The molecule has 1 aliphatic carbocycles. The number of carbonyl (C=O) groups is 2. The molecule has 3 aromatic rings. The van der Waals surface area contributed by atoms with Crippen molar-refractivity contribution in [2.24, 2.45) is 5.92 Å². The lowest BCUT2D eigenvalue weighted by Gasteiger charge is -2.23. The normalized spacial score (nSPS) is 23.9. The molecule has 3 unspecified atom stereocenters. The van der Waals surface area contributed by atoms with Gasteiger partial charge < -0.3 is 10.2 Å². The first-order chi connectivity index (χ1) is 13.6. The Bertz CT molecular complexity index is 1020. The molecule has 0 spiro atoms. The van der Waals surface area contributed by atoms with Crippen LogP contribution in [0.1, 0.15) is 34.9 Å². The Morgan fingerprint density at radius 1 is 1.18 bits per heavy atom. The highest BCUT2D eigenvalue weighted by Gasteiger charge is 2.49. The monoisotopic (exact) mass is 411 g/mol. The summed E-state index contributed by atoms with van der Waals surface area (Å²) in [6.07, 6.45) is 2.50. The highest BCUT2D eigenvalue weighted by atomic mass is 32.1. The molecule has 1 aromatic carbocycles. The minimum Gasteiger partial charge on any atom is -0.330 e. The van der Waals surface area contributed by atoms with Crippen molar-refractivity contribution in [1.29, 1.82) is 0 Å². The number of thiophene rings is 1. The zero-order valence-electron chi connectivity index (χ0n) is 15.6. The van der Waals surface area contributed by atoms with Crippen molar-refractivity contribution in [1.82, 2.24) is 9.88 Å². The van der Waals surface area contributed by atoms with Crippen LogP contribution in [0.25, 0.3) is 10.2 Å². The summed E-state index contributed by atoms with van der Waals surface area (Å²) >= 11 is 3.24. The summed E-state index contributed by atoms with van der Waals surface area (Å²) in [4.78, 5) is 34.8. The van der Waals surface area contributed by atoms with Crippen LogP contribution in [0.4, 0.5) is 5.13 Å². The number of para-hydroxylation sites is 1. The van der Waals surface area contributed by atoms with Crippen LogP contribution in [0.5, 0.6) is 0 Å². The number of nitrogens with zero attached hydrogens (tertiary/aromatic N) is 2. The van der Waals surface area contributed by atoms with Gasteiger partial charge in [-0.1, -0.05) is 23.5 Å². The molecular weight excluding hydrogens is 390 g/mol. The molecule has 0 radical (unpaired) electrons. The van der Waals surface area contributed by atoms with E-state index >= 15 is 0 Å². The smallest absolute Gasteiger partial charge is 0.248 e. The molecular formula is C21H21N3O2S2. The van der Waals surface area contributed by atoms with E-state index in [1.54, 1.807) is 16.2 Å². The molecule has 2 aliphatic rings. The van der Waals surface area contributed by atoms with Gasteiger partial charge >= 0.3 is 0 Å². The second kappa shape index (κ2) is 6.97. The number of hydrogen-bond acceptors (Lipinski definition) is 5. The first-order valence-electron chi connectivity index (χ1n) is 9.63. The van der Waals surface area contributed by atoms with Crippen molar-refractivity contribution >= 4 is 49.8 Å². The third kappa shape index (κ3) is 3.22. The van der Waals surface area contributed by atoms with Crippen LogP contribution in [0.2, 0.25) is 0 Å². The number of thiazole rings is 1. The van der Waals surface area contributed by atoms with Gasteiger partial charge in [0, 0.05) is 28.1 Å². The van der Waals surface area contributed by atoms with Gasteiger partial charge in [-0.05, 0) is 50.5 Å². The van der Waals surface area contributed by atoms with Crippen molar-refractivity contribution in [3.8, 4) is 0 Å². The van der Waals surface area contributed by atoms with Crippen molar-refractivity contribution in [3.05, 3.63) is 46.2 Å². The molecule has 28 heavy (non-hydrogen) atoms. The van der Waals surface area contributed by atoms with Gasteiger partial charge in [-0.2, -0.15) is 0 Å². The summed E-state index contributed by atoms with van der Waals surface area (Å²) in [7, 11) is 0. The number of aromatic nitrogens is 1. The van der Waals surface area contributed by atoms with E-state index in [0.717, 1.165) is 29.5 Å². The maximum Gasteiger partial charge on any atom is 0.248 e. The molecule has 2 amide bonds. The molecule has 0 bridgehead atoms. The summed E-state index contributed by atoms with van der Waals surface area (Å²) in [6, 6.07) is 11.7. The molecule has 3 heterocycles. The molecule has 5 nitrogen and oxygen atoms in total. The van der Waals surface area contributed by atoms with Crippen LogP contribution in [0.3, 0.4) is 0 Å². The van der Waals surface area contributed by atoms with Gasteiger partial charge in [-0.3, -0.25) is 9.59 Å². The van der Waals surface area contributed by atoms with E-state index < -0.39 is 0 Å². The molecule has 7 heteroatoms. The lowest BCUT2D eigenvalue weighted by atomic mass is 10.2. The molecule has 1 saturated heterocycles. The maximum absolute atomic E-state index is 13.0. The molecule has 3 atom stereocenters. The van der Waals surface area contributed by atoms with Gasteiger partial charge in [0.15, 0.2) is 5.13 Å². The van der Waals surface area contributed by atoms with Crippen molar-refractivity contribution in [2.75, 3.05) is 11.9 Å². The van der Waals surface area contributed by atoms with E-state index in [0.29, 0.717) is 17.6 Å². The predicted octanol–water partition coefficient (Wildman–Crippen LogP) is 4.40. The Morgan fingerprint density at radius 3 is 2.82 bits per heavy atom. The van der Waals surface area contributed by atoms with Gasteiger partial charge in [-0.25, -0.2) is 4.98 Å². The van der Waals surface area contributed by atoms with Crippen LogP contribution in [0.15, 0.2) is 36.4 Å². The first-order valence-corrected chi connectivity index (χ1v) is 11.3. The summed E-state index contributed by atoms with van der Waals surface area (Å²) in [5.41, 5.74) is 0.884. The number of aryl methyl sites for hydroxylation is 1. The fourth-order valence-corrected chi connectivity index (χ4v) is 5.99. The summed E-state index contributed by atoms with van der Waals surface area (Å²) in [5.74, 6) is 0.390. The zero-order valence-corrected chi connectivity index (χ0v) is 17.2. The molecule has 2 fully saturated rings. The van der Waals surface area contributed by atoms with Gasteiger partial charge in [0.25, 0.3) is 0 Å². The van der Waals surface area contributed by atoms with Crippen LogP contribution >= 0.6 is 22.7 Å². The number of hydrogen-bond donors (Lipinski definition) is 1. The highest BCUT2D eigenvalue weighted by Crippen LogP contribution is 2.51. The van der Waals surface area contributed by atoms with Gasteiger partial charge in [-0.15, -0.1) is 11.3 Å². The molecule has 144 valence electrons. The number of anilines is 1. The number of carbonyl (C=O) groups excluding carboxylic acids is 2. The largest absolute Gasteiger partial charge is 0.330 e. The van der Waals surface area contributed by atoms with E-state index in [4.69, 9.17) is 0 Å². The molecule has 5 rings (SSSR count). The Balaban J connectivity index is 1.27. The maximum atomic E-state index is 13.0. The number of nitrogens with one attached hydrogen (secondary N) is 1. The van der Waals surface area contributed by atoms with Crippen molar-refractivity contribution in [2.45, 2.75) is 38.1 Å². The highest BCUT2D eigenvalue weighted by molar-refractivity contribution is 7.22. The van der Waals surface area contributed by atoms with E-state index in [1.807, 2.05) is 24.3 Å². The van der Waals surface area contributed by atoms with Crippen molar-refractivity contribution < 1.29 is 9.59 Å². The standard InChI is InChI=1S/C21H21N3O2S2/c1-12-8-9-17(27-12)13-11-14(13)20(26)24-10-4-6-16(24)19(25)23-21-22-15-5-2-3-7-18(15)28-21/h2-3,5,7-9,13-14,16H,4,6,10-11H2,1H3,(H,22,23,25). The lowest BCUT2D eigenvalue weighted by molar-refractivity contribution is -0.137. The predicted molar refractivity (Wildman–Crippen MR) is 113 cm³/mol. The summed E-state index contributed by atoms with van der Waals surface area (Å²) in [5, 5.41) is 3.54. The fourth-order valence-electron chi connectivity index (χ4n) is 4.07. The number of likely N-dealkylation sites (tertiary alicyclic amines) is 1. The van der Waals surface area contributed by atoms with Crippen LogP contribution in [-0.4, -0.2) is 34.3 Å². The molecule has 1 N–H and O–H groups in total. The number of rotatable bonds is 4. The average Bonchev–Trinajstić information content (AvgIpc) is 3.03. The summed E-state index contributed by atoms with van der Waals surface area (Å²) in [6.45, 7) is 2.76. The van der Waals surface area contributed by atoms with E-state index in [1.165, 1.54) is 21.1 Å². The van der Waals surface area contributed by atoms with Gasteiger partial charge in [0.05, 0.1) is 10.2 Å². The number of benzene rings is 1. The minimum absolute atomic E-state index is 0.0360. The van der Waals surface area contributed by atoms with Crippen LogP contribution < -0.4 is 5.32 Å². The van der Waals surface area contributed by atoms with Crippen molar-refractivity contribution in [3.63, 3.8) is 0 Å². The molecule has 2 aromatic heterocycles. The second-order valence-electron chi connectivity index (χ2n) is 7.56. The fraction of sp³-hybridized carbons (Fsp3) is 0.381. The Labute approximate surface area is 171 Å². The lowest BCUT2D eigenvalue weighted by Crippen LogP contribution is -2.44. The number of fused-ring (bicyclic) bond motifs is 1. The Hall–Kier alpha value is -2.25. The van der Waals surface area contributed by atoms with E-state index in [2.05, 4.69) is 29.4 Å². The Kier molecular flexibility index (Phi) is 4.44. The minimum atomic E-state index is -0.383. The van der Waals surface area contributed by atoms with E-state index in [-0.39, 0.29) is 23.8 Å². The Morgan fingerprint density at radius 2 is 2.04 bits per heavy atom. The topological polar surface area (TPSA) is 62.3 Å². The number of amides is 2. The average molecular weight is 412 g/mol.